The summed E-state index contributed by atoms with van der Waals surface area (Å²) in [6.45, 7) is 2.12. The normalized spacial score (nSPS) is 31.5. The SMILES string of the molecule is CCCc1ccc(OC(=O)c2cccc(N3C(=O)[C@@H]4[C@H]5C=C[C@@H]([C@@H]6C[C@H]56)[C@@H]4C3=O)c2)cc1. The Bertz CT molecular complexity index is 1110. The lowest BCUT2D eigenvalue weighted by Gasteiger charge is -2.37. The second kappa shape index (κ2) is 7.16. The minimum atomic E-state index is -0.505. The molecule has 4 aliphatic carbocycles. The summed E-state index contributed by atoms with van der Waals surface area (Å²) in [5, 5.41) is 0. The fourth-order valence-corrected chi connectivity index (χ4v) is 6.16. The fraction of sp³-hybridized carbons (Fsp3) is 0.370. The molecule has 7 rings (SSSR count). The maximum Gasteiger partial charge on any atom is 0.343 e. The third kappa shape index (κ3) is 2.87. The van der Waals surface area contributed by atoms with Crippen molar-refractivity contribution in [3.05, 3.63) is 71.8 Å². The Kier molecular flexibility index (Phi) is 4.36. The Labute approximate surface area is 187 Å². The standard InChI is InChI=1S/C27H25NO4/c1-2-4-15-7-9-18(10-8-15)32-27(31)16-5-3-6-17(13-16)28-25(29)23-19-11-12-20(22-14-21(19)22)24(23)26(28)30/h3,5-13,19-24H,2,4,14H2,1H3/t19-,20-,21-,22+,23-,24+/m0/s1. The molecule has 6 atom stereocenters. The minimum Gasteiger partial charge on any atom is -0.423 e. The molecule has 1 saturated heterocycles. The molecule has 162 valence electrons. The van der Waals surface area contributed by atoms with Crippen molar-refractivity contribution in [2.45, 2.75) is 26.2 Å². The van der Waals surface area contributed by atoms with Crippen LogP contribution < -0.4 is 9.64 Å². The van der Waals surface area contributed by atoms with Crippen LogP contribution in [0.25, 0.3) is 0 Å². The molecule has 2 saturated carbocycles. The lowest BCUT2D eigenvalue weighted by Crippen LogP contribution is -2.40. The van der Waals surface area contributed by atoms with Crippen molar-refractivity contribution < 1.29 is 19.1 Å². The van der Waals surface area contributed by atoms with Crippen LogP contribution in [0.2, 0.25) is 0 Å². The molecule has 1 heterocycles. The Morgan fingerprint density at radius 1 is 0.969 bits per heavy atom. The molecule has 3 fully saturated rings. The number of benzene rings is 2. The van der Waals surface area contributed by atoms with Crippen molar-refractivity contribution in [3.8, 4) is 5.75 Å². The Morgan fingerprint density at radius 3 is 2.25 bits per heavy atom. The summed E-state index contributed by atoms with van der Waals surface area (Å²) in [5.41, 5.74) is 1.97. The highest BCUT2D eigenvalue weighted by Crippen LogP contribution is 2.65. The van der Waals surface area contributed by atoms with E-state index in [-0.39, 0.29) is 35.5 Å². The average Bonchev–Trinajstić information content (AvgIpc) is 3.59. The molecule has 32 heavy (non-hydrogen) atoms. The lowest BCUT2D eigenvalue weighted by molar-refractivity contribution is -0.124. The number of allylic oxidation sites excluding steroid dienone is 2. The number of rotatable bonds is 5. The first-order valence-electron chi connectivity index (χ1n) is 11.5. The molecule has 2 aromatic carbocycles. The molecule has 1 aliphatic heterocycles. The van der Waals surface area contributed by atoms with Gasteiger partial charge in [-0.15, -0.1) is 0 Å². The van der Waals surface area contributed by atoms with E-state index < -0.39 is 5.97 Å². The van der Waals surface area contributed by atoms with Crippen molar-refractivity contribution in [2.24, 2.45) is 35.5 Å². The van der Waals surface area contributed by atoms with E-state index in [1.54, 1.807) is 36.4 Å². The first kappa shape index (κ1) is 19.5. The zero-order valence-electron chi connectivity index (χ0n) is 17.9. The van der Waals surface area contributed by atoms with Crippen LogP contribution in [-0.2, 0) is 16.0 Å². The number of carbonyl (C=O) groups excluding carboxylic acids is 3. The third-order valence-electron chi connectivity index (χ3n) is 7.68. The molecule has 0 unspecified atom stereocenters. The first-order valence-corrected chi connectivity index (χ1v) is 11.5. The van der Waals surface area contributed by atoms with Gasteiger partial charge < -0.3 is 4.74 Å². The van der Waals surface area contributed by atoms with E-state index in [9.17, 15) is 14.4 Å². The van der Waals surface area contributed by atoms with Crippen LogP contribution >= 0.6 is 0 Å². The Hall–Kier alpha value is -3.21. The molecule has 5 heteroatoms. The van der Waals surface area contributed by atoms with Gasteiger partial charge in [0.2, 0.25) is 11.8 Å². The van der Waals surface area contributed by atoms with Crippen molar-refractivity contribution in [2.75, 3.05) is 4.90 Å². The van der Waals surface area contributed by atoms with Crippen LogP contribution in [0.5, 0.6) is 5.75 Å². The predicted molar refractivity (Wildman–Crippen MR) is 119 cm³/mol. The van der Waals surface area contributed by atoms with Gasteiger partial charge in [-0.25, -0.2) is 9.69 Å². The summed E-state index contributed by atoms with van der Waals surface area (Å²) < 4.78 is 5.53. The summed E-state index contributed by atoms with van der Waals surface area (Å²) in [5.74, 6) is 0.706. The van der Waals surface area contributed by atoms with Crippen LogP contribution in [0, 0.1) is 35.5 Å². The third-order valence-corrected chi connectivity index (χ3v) is 7.68. The van der Waals surface area contributed by atoms with E-state index >= 15 is 0 Å². The summed E-state index contributed by atoms with van der Waals surface area (Å²) in [6.07, 6.45) is 7.49. The highest BCUT2D eigenvalue weighted by atomic mass is 16.5. The fourth-order valence-electron chi connectivity index (χ4n) is 6.16. The maximum atomic E-state index is 13.3. The number of hydrogen-bond donors (Lipinski definition) is 0. The van der Waals surface area contributed by atoms with Gasteiger partial charge in [0.05, 0.1) is 23.1 Å². The molecule has 5 nitrogen and oxygen atoms in total. The number of esters is 1. The summed E-state index contributed by atoms with van der Waals surface area (Å²) >= 11 is 0. The monoisotopic (exact) mass is 427 g/mol. The van der Waals surface area contributed by atoms with Gasteiger partial charge in [0.25, 0.3) is 0 Å². The van der Waals surface area contributed by atoms with Crippen LogP contribution in [-0.4, -0.2) is 17.8 Å². The minimum absolute atomic E-state index is 0.123. The number of ether oxygens (including phenoxy) is 1. The molecule has 2 bridgehead atoms. The lowest BCUT2D eigenvalue weighted by atomic mass is 9.63. The topological polar surface area (TPSA) is 63.7 Å². The summed E-state index contributed by atoms with van der Waals surface area (Å²) in [7, 11) is 0. The van der Waals surface area contributed by atoms with Gasteiger partial charge in [-0.3, -0.25) is 9.59 Å². The van der Waals surface area contributed by atoms with Crippen LogP contribution in [0.3, 0.4) is 0 Å². The summed E-state index contributed by atoms with van der Waals surface area (Å²) in [6, 6.07) is 14.2. The molecular weight excluding hydrogens is 402 g/mol. The second-order valence-corrected chi connectivity index (χ2v) is 9.50. The Balaban J connectivity index is 1.23. The van der Waals surface area contributed by atoms with Crippen LogP contribution in [0.15, 0.2) is 60.7 Å². The molecule has 2 amide bonds. The van der Waals surface area contributed by atoms with Gasteiger partial charge in [0.1, 0.15) is 5.75 Å². The van der Waals surface area contributed by atoms with Gasteiger partial charge in [-0.05, 0) is 72.4 Å². The van der Waals surface area contributed by atoms with Crippen molar-refractivity contribution in [3.63, 3.8) is 0 Å². The highest BCUT2D eigenvalue weighted by Gasteiger charge is 2.67. The molecule has 5 aliphatic rings. The van der Waals surface area contributed by atoms with E-state index in [4.69, 9.17) is 4.74 Å². The van der Waals surface area contributed by atoms with Crippen molar-refractivity contribution in [1.82, 2.24) is 0 Å². The smallest absolute Gasteiger partial charge is 0.343 e. The number of amides is 2. The number of nitrogens with zero attached hydrogens (tertiary/aromatic N) is 1. The van der Waals surface area contributed by atoms with E-state index in [2.05, 4.69) is 19.1 Å². The van der Waals surface area contributed by atoms with E-state index in [0.717, 1.165) is 19.3 Å². The molecular formula is C27H25NO4. The van der Waals surface area contributed by atoms with E-state index in [0.29, 0.717) is 28.8 Å². The highest BCUT2D eigenvalue weighted by molar-refractivity contribution is 6.23. The van der Waals surface area contributed by atoms with Gasteiger partial charge in [0, 0.05) is 0 Å². The zero-order chi connectivity index (χ0) is 22.0. The number of anilines is 1. The molecule has 0 radical (unpaired) electrons. The van der Waals surface area contributed by atoms with Crippen molar-refractivity contribution in [1.29, 1.82) is 0 Å². The molecule has 0 spiro atoms. The average molecular weight is 428 g/mol. The number of carbonyl (C=O) groups is 3. The zero-order valence-corrected chi connectivity index (χ0v) is 17.9. The van der Waals surface area contributed by atoms with Gasteiger partial charge >= 0.3 is 5.97 Å². The number of aryl methyl sites for hydroxylation is 1. The van der Waals surface area contributed by atoms with Crippen LogP contribution in [0.4, 0.5) is 5.69 Å². The molecule has 2 aromatic rings. The second-order valence-electron chi connectivity index (χ2n) is 9.50. The first-order chi connectivity index (χ1) is 15.6. The molecule has 0 aromatic heterocycles. The predicted octanol–water partition coefficient (Wildman–Crippen LogP) is 4.42. The summed E-state index contributed by atoms with van der Waals surface area (Å²) in [4.78, 5) is 40.7. The van der Waals surface area contributed by atoms with Crippen molar-refractivity contribution >= 4 is 23.5 Å². The van der Waals surface area contributed by atoms with E-state index in [1.165, 1.54) is 10.5 Å². The van der Waals surface area contributed by atoms with Gasteiger partial charge in [-0.2, -0.15) is 0 Å². The van der Waals surface area contributed by atoms with Crippen LogP contribution in [0.1, 0.15) is 35.7 Å². The van der Waals surface area contributed by atoms with Gasteiger partial charge in [0.15, 0.2) is 0 Å². The van der Waals surface area contributed by atoms with E-state index in [1.807, 2.05) is 12.1 Å². The number of hydrogen-bond acceptors (Lipinski definition) is 4. The largest absolute Gasteiger partial charge is 0.423 e. The maximum absolute atomic E-state index is 13.3. The molecule has 0 N–H and O–H groups in total. The Morgan fingerprint density at radius 2 is 1.62 bits per heavy atom. The number of imide groups is 1. The quantitative estimate of drug-likeness (QED) is 0.307. The van der Waals surface area contributed by atoms with Gasteiger partial charge in [-0.1, -0.05) is 43.7 Å².